The van der Waals surface area contributed by atoms with Gasteiger partial charge in [0.2, 0.25) is 10.0 Å². The maximum atomic E-state index is 11.8. The molecule has 1 N–H and O–H groups in total. The Morgan fingerprint density at radius 1 is 1.00 bits per heavy atom. The molecule has 2 aromatic rings. The van der Waals surface area contributed by atoms with E-state index in [0.29, 0.717) is 5.02 Å². The number of halogens is 1. The van der Waals surface area contributed by atoms with E-state index in [4.69, 9.17) is 11.6 Å². The molecule has 0 amide bonds. The van der Waals surface area contributed by atoms with Gasteiger partial charge in [0.15, 0.2) is 0 Å². The van der Waals surface area contributed by atoms with E-state index in [1.807, 2.05) is 36.4 Å². The average Bonchev–Trinajstić information content (AvgIpc) is 2.46. The van der Waals surface area contributed by atoms with Crippen molar-refractivity contribution in [3.8, 4) is 0 Å². The van der Waals surface area contributed by atoms with Crippen molar-refractivity contribution >= 4 is 27.7 Å². The quantitative estimate of drug-likeness (QED) is 0.920. The second-order valence-corrected chi connectivity index (χ2v) is 6.23. The molecule has 0 atom stereocenters. The van der Waals surface area contributed by atoms with Crippen LogP contribution in [0.25, 0.3) is 6.08 Å². The zero-order valence-electron chi connectivity index (χ0n) is 10.7. The van der Waals surface area contributed by atoms with Gasteiger partial charge < -0.3 is 0 Å². The van der Waals surface area contributed by atoms with Crippen LogP contribution in [0.5, 0.6) is 0 Å². The monoisotopic (exact) mass is 307 g/mol. The van der Waals surface area contributed by atoms with Crippen molar-refractivity contribution in [2.24, 2.45) is 0 Å². The number of sulfonamides is 1. The van der Waals surface area contributed by atoms with Crippen molar-refractivity contribution in [1.29, 1.82) is 0 Å². The standard InChI is InChI=1S/C15H14ClNO2S/c16-15-9-5-4-8-14(15)12-17-20(18,19)11-10-13-6-2-1-3-7-13/h1-11,17H,12H2. The summed E-state index contributed by atoms with van der Waals surface area (Å²) in [5.74, 6) is 0. The van der Waals surface area contributed by atoms with Gasteiger partial charge in [0.25, 0.3) is 0 Å². The van der Waals surface area contributed by atoms with Crippen LogP contribution in [-0.2, 0) is 16.6 Å². The van der Waals surface area contributed by atoms with Crippen molar-refractivity contribution in [2.75, 3.05) is 0 Å². The highest BCUT2D eigenvalue weighted by Crippen LogP contribution is 2.14. The van der Waals surface area contributed by atoms with E-state index < -0.39 is 10.0 Å². The van der Waals surface area contributed by atoms with Crippen LogP contribution >= 0.6 is 11.6 Å². The molecule has 0 saturated heterocycles. The van der Waals surface area contributed by atoms with Crippen LogP contribution in [0, 0.1) is 0 Å². The van der Waals surface area contributed by atoms with Crippen LogP contribution in [0.4, 0.5) is 0 Å². The molecule has 2 aromatic carbocycles. The molecule has 3 nitrogen and oxygen atoms in total. The fourth-order valence-corrected chi connectivity index (χ4v) is 2.59. The zero-order valence-corrected chi connectivity index (χ0v) is 12.2. The minimum Gasteiger partial charge on any atom is -0.208 e. The summed E-state index contributed by atoms with van der Waals surface area (Å²) < 4.78 is 26.2. The molecule has 2 rings (SSSR count). The molecule has 0 aliphatic rings. The fraction of sp³-hybridized carbons (Fsp3) is 0.0667. The maximum Gasteiger partial charge on any atom is 0.234 e. The van der Waals surface area contributed by atoms with E-state index >= 15 is 0 Å². The van der Waals surface area contributed by atoms with Crippen molar-refractivity contribution in [3.05, 3.63) is 76.2 Å². The molecule has 0 unspecified atom stereocenters. The summed E-state index contributed by atoms with van der Waals surface area (Å²) in [6, 6.07) is 16.4. The van der Waals surface area contributed by atoms with Gasteiger partial charge in [-0.05, 0) is 23.3 Å². The first-order valence-electron chi connectivity index (χ1n) is 6.03. The summed E-state index contributed by atoms with van der Waals surface area (Å²) in [6.45, 7) is 0.168. The molecule has 0 heterocycles. The predicted molar refractivity (Wildman–Crippen MR) is 82.7 cm³/mol. The summed E-state index contributed by atoms with van der Waals surface area (Å²) in [5, 5.41) is 1.70. The number of nitrogens with one attached hydrogen (secondary N) is 1. The lowest BCUT2D eigenvalue weighted by molar-refractivity contribution is 0.591. The van der Waals surface area contributed by atoms with Crippen molar-refractivity contribution in [3.63, 3.8) is 0 Å². The first-order chi connectivity index (χ1) is 9.57. The zero-order chi connectivity index (χ0) is 14.4. The fourth-order valence-electron chi connectivity index (χ4n) is 1.60. The van der Waals surface area contributed by atoms with Gasteiger partial charge in [-0.15, -0.1) is 0 Å². The van der Waals surface area contributed by atoms with Crippen LogP contribution in [0.2, 0.25) is 5.02 Å². The van der Waals surface area contributed by atoms with Crippen molar-refractivity contribution < 1.29 is 8.42 Å². The molecular formula is C15H14ClNO2S. The number of hydrogen-bond donors (Lipinski definition) is 1. The normalized spacial score (nSPS) is 11.8. The molecule has 0 bridgehead atoms. The summed E-state index contributed by atoms with van der Waals surface area (Å²) in [5.41, 5.74) is 1.57. The minimum atomic E-state index is -3.48. The SMILES string of the molecule is O=S(=O)(C=Cc1ccccc1)NCc1ccccc1Cl. The topological polar surface area (TPSA) is 46.2 Å². The van der Waals surface area contributed by atoms with Crippen LogP contribution in [-0.4, -0.2) is 8.42 Å². The van der Waals surface area contributed by atoms with E-state index in [-0.39, 0.29) is 6.54 Å². The van der Waals surface area contributed by atoms with Gasteiger partial charge in [-0.1, -0.05) is 60.1 Å². The Balaban J connectivity index is 2.02. The molecule has 0 aliphatic carbocycles. The third-order valence-electron chi connectivity index (χ3n) is 2.66. The van der Waals surface area contributed by atoms with E-state index in [0.717, 1.165) is 16.5 Å². The third kappa shape index (κ3) is 4.49. The Morgan fingerprint density at radius 3 is 2.35 bits per heavy atom. The number of hydrogen-bond acceptors (Lipinski definition) is 2. The van der Waals surface area contributed by atoms with Crippen LogP contribution < -0.4 is 4.72 Å². The second kappa shape index (κ2) is 6.70. The lowest BCUT2D eigenvalue weighted by Gasteiger charge is -2.04. The smallest absolute Gasteiger partial charge is 0.208 e. The first kappa shape index (κ1) is 14.8. The van der Waals surface area contributed by atoms with Crippen molar-refractivity contribution in [1.82, 2.24) is 4.72 Å². The Morgan fingerprint density at radius 2 is 1.65 bits per heavy atom. The molecule has 0 aromatic heterocycles. The van der Waals surface area contributed by atoms with E-state index in [1.54, 1.807) is 24.3 Å². The van der Waals surface area contributed by atoms with Gasteiger partial charge in [0, 0.05) is 17.0 Å². The molecule has 5 heteroatoms. The maximum absolute atomic E-state index is 11.8. The largest absolute Gasteiger partial charge is 0.234 e. The van der Waals surface area contributed by atoms with Gasteiger partial charge in [0.1, 0.15) is 0 Å². The van der Waals surface area contributed by atoms with Crippen LogP contribution in [0.1, 0.15) is 11.1 Å². The highest BCUT2D eigenvalue weighted by molar-refractivity contribution is 7.92. The third-order valence-corrected chi connectivity index (χ3v) is 4.07. The van der Waals surface area contributed by atoms with E-state index in [9.17, 15) is 8.42 Å². The molecule has 104 valence electrons. The molecule has 0 spiro atoms. The molecule has 0 aliphatic heterocycles. The molecule has 20 heavy (non-hydrogen) atoms. The summed E-state index contributed by atoms with van der Waals surface area (Å²) >= 11 is 5.97. The predicted octanol–water partition coefficient (Wildman–Crippen LogP) is 3.43. The van der Waals surface area contributed by atoms with Gasteiger partial charge in [0.05, 0.1) is 0 Å². The van der Waals surface area contributed by atoms with E-state index in [1.165, 1.54) is 0 Å². The molecule has 0 saturated carbocycles. The number of benzene rings is 2. The Kier molecular flexibility index (Phi) is 4.95. The lowest BCUT2D eigenvalue weighted by Crippen LogP contribution is -2.20. The van der Waals surface area contributed by atoms with E-state index in [2.05, 4.69) is 4.72 Å². The van der Waals surface area contributed by atoms with Gasteiger partial charge in [-0.3, -0.25) is 0 Å². The Bertz CT molecular complexity index is 697. The van der Waals surface area contributed by atoms with Gasteiger partial charge in [-0.25, -0.2) is 13.1 Å². The Hall–Kier alpha value is -1.62. The van der Waals surface area contributed by atoms with Crippen LogP contribution in [0.3, 0.4) is 0 Å². The lowest BCUT2D eigenvalue weighted by atomic mass is 10.2. The molecular weight excluding hydrogens is 294 g/mol. The van der Waals surface area contributed by atoms with Crippen LogP contribution in [0.15, 0.2) is 60.0 Å². The average molecular weight is 308 g/mol. The number of rotatable bonds is 5. The van der Waals surface area contributed by atoms with Crippen molar-refractivity contribution in [2.45, 2.75) is 6.54 Å². The highest BCUT2D eigenvalue weighted by Gasteiger charge is 2.06. The summed E-state index contributed by atoms with van der Waals surface area (Å²) in [4.78, 5) is 0. The minimum absolute atomic E-state index is 0.168. The Labute approximate surface area is 124 Å². The molecule has 0 radical (unpaired) electrons. The summed E-state index contributed by atoms with van der Waals surface area (Å²) in [6.07, 6.45) is 1.55. The highest BCUT2D eigenvalue weighted by atomic mass is 35.5. The van der Waals surface area contributed by atoms with Gasteiger partial charge >= 0.3 is 0 Å². The first-order valence-corrected chi connectivity index (χ1v) is 7.95. The molecule has 0 fully saturated rings. The summed E-state index contributed by atoms with van der Waals surface area (Å²) in [7, 11) is -3.48. The second-order valence-electron chi connectivity index (χ2n) is 4.17. The van der Waals surface area contributed by atoms with Gasteiger partial charge in [-0.2, -0.15) is 0 Å².